The number of rotatable bonds is 6. The molecule has 0 spiro atoms. The number of carbonyl (C=O) groups excluding carboxylic acids is 2. The van der Waals surface area contributed by atoms with Gasteiger partial charge in [0.15, 0.2) is 6.10 Å². The van der Waals surface area contributed by atoms with Crippen LogP contribution in [-0.4, -0.2) is 34.2 Å². The van der Waals surface area contributed by atoms with Crippen LogP contribution in [0.15, 0.2) is 6.07 Å². The number of ether oxygens (including phenoxy) is 2. The van der Waals surface area contributed by atoms with Crippen molar-refractivity contribution in [3.8, 4) is 5.88 Å². The molecule has 1 unspecified atom stereocenters. The Morgan fingerprint density at radius 2 is 1.85 bits per heavy atom. The second-order valence-corrected chi connectivity index (χ2v) is 6.98. The Hall–Kier alpha value is -2.05. The number of nitrogens with zero attached hydrogens (tertiary/aromatic N) is 2. The summed E-state index contributed by atoms with van der Waals surface area (Å²) in [7, 11) is 1.64. The number of aryl methyl sites for hydroxylation is 3. The average molecular weight is 413 g/mol. The molecule has 0 aliphatic rings. The summed E-state index contributed by atoms with van der Waals surface area (Å²) in [6.07, 6.45) is -0.893. The molecular weight excluding hydrogens is 391 g/mol. The summed E-state index contributed by atoms with van der Waals surface area (Å²) >= 11 is 12.6. The highest BCUT2D eigenvalue weighted by Crippen LogP contribution is 2.34. The molecule has 0 bridgehead atoms. The molecule has 1 heterocycles. The Bertz CT molecular complexity index is 906. The Morgan fingerprint density at radius 1 is 1.22 bits per heavy atom. The first-order valence-electron chi connectivity index (χ1n) is 8.46. The largest absolute Gasteiger partial charge is 0.463 e. The third-order valence-electron chi connectivity index (χ3n) is 4.15. The fraction of sp³-hybridized carbons (Fsp3) is 0.421. The number of hydrogen-bond donors (Lipinski definition) is 0. The van der Waals surface area contributed by atoms with Crippen molar-refractivity contribution in [1.29, 1.82) is 0 Å². The van der Waals surface area contributed by atoms with E-state index in [1.54, 1.807) is 47.7 Å². The number of hydrogen-bond acceptors (Lipinski definition) is 5. The van der Waals surface area contributed by atoms with Crippen LogP contribution >= 0.6 is 23.2 Å². The Kier molecular flexibility index (Phi) is 6.54. The molecule has 0 N–H and O–H groups in total. The number of ketones is 1. The van der Waals surface area contributed by atoms with Gasteiger partial charge in [-0.2, -0.15) is 5.10 Å². The summed E-state index contributed by atoms with van der Waals surface area (Å²) in [6.45, 7) is 8.75. The van der Waals surface area contributed by atoms with Gasteiger partial charge in [-0.05, 0) is 51.8 Å². The van der Waals surface area contributed by atoms with E-state index < -0.39 is 12.1 Å². The lowest BCUT2D eigenvalue weighted by atomic mass is 9.99. The molecule has 0 aliphatic carbocycles. The topological polar surface area (TPSA) is 70.4 Å². The van der Waals surface area contributed by atoms with E-state index in [2.05, 4.69) is 5.10 Å². The van der Waals surface area contributed by atoms with Gasteiger partial charge in [-0.15, -0.1) is 0 Å². The van der Waals surface area contributed by atoms with Crippen LogP contribution in [0.1, 0.15) is 46.6 Å². The predicted molar refractivity (Wildman–Crippen MR) is 104 cm³/mol. The Balaban J connectivity index is 2.51. The molecule has 0 saturated carbocycles. The molecule has 2 rings (SSSR count). The number of halogens is 2. The molecule has 8 heteroatoms. The highest BCUT2D eigenvalue weighted by atomic mass is 35.5. The number of carbonyl (C=O) groups is 2. The zero-order valence-electron chi connectivity index (χ0n) is 16.1. The molecular formula is C19H22Cl2N2O4. The van der Waals surface area contributed by atoms with Crippen LogP contribution < -0.4 is 4.74 Å². The summed E-state index contributed by atoms with van der Waals surface area (Å²) < 4.78 is 12.1. The van der Waals surface area contributed by atoms with Gasteiger partial charge < -0.3 is 9.47 Å². The third kappa shape index (κ3) is 4.12. The van der Waals surface area contributed by atoms with Crippen molar-refractivity contribution < 1.29 is 19.1 Å². The predicted octanol–water partition coefficient (Wildman–Crippen LogP) is 4.21. The van der Waals surface area contributed by atoms with Crippen molar-refractivity contribution in [2.24, 2.45) is 7.05 Å². The van der Waals surface area contributed by atoms with Gasteiger partial charge in [-0.25, -0.2) is 9.48 Å². The van der Waals surface area contributed by atoms with E-state index in [0.717, 1.165) is 5.56 Å². The molecule has 2 aromatic rings. The van der Waals surface area contributed by atoms with E-state index in [-0.39, 0.29) is 28.9 Å². The van der Waals surface area contributed by atoms with Crippen molar-refractivity contribution in [1.82, 2.24) is 9.78 Å². The zero-order valence-corrected chi connectivity index (χ0v) is 17.7. The van der Waals surface area contributed by atoms with Gasteiger partial charge in [0.25, 0.3) is 0 Å². The first-order valence-corrected chi connectivity index (χ1v) is 9.22. The molecule has 146 valence electrons. The minimum Gasteiger partial charge on any atom is -0.463 e. The van der Waals surface area contributed by atoms with Gasteiger partial charge in [0.05, 0.1) is 17.3 Å². The maximum absolute atomic E-state index is 13.2. The van der Waals surface area contributed by atoms with Gasteiger partial charge in [0.1, 0.15) is 5.56 Å². The van der Waals surface area contributed by atoms with Crippen molar-refractivity contribution in [2.45, 2.75) is 40.7 Å². The van der Waals surface area contributed by atoms with Crippen LogP contribution in [0.3, 0.4) is 0 Å². The monoisotopic (exact) mass is 412 g/mol. The number of aromatic nitrogens is 2. The van der Waals surface area contributed by atoms with Crippen LogP contribution in [0, 0.1) is 20.8 Å². The molecule has 1 aromatic carbocycles. The van der Waals surface area contributed by atoms with E-state index in [1.165, 1.54) is 4.68 Å². The highest BCUT2D eigenvalue weighted by Gasteiger charge is 2.28. The second kappa shape index (κ2) is 8.31. The minimum absolute atomic E-state index is 0.180. The van der Waals surface area contributed by atoms with Gasteiger partial charge in [0, 0.05) is 17.6 Å². The number of benzene rings is 1. The highest BCUT2D eigenvalue weighted by molar-refractivity contribution is 6.39. The lowest BCUT2D eigenvalue weighted by Gasteiger charge is -2.15. The van der Waals surface area contributed by atoms with Crippen molar-refractivity contribution in [3.63, 3.8) is 0 Å². The Morgan fingerprint density at radius 3 is 2.44 bits per heavy atom. The normalized spacial score (nSPS) is 12.0. The summed E-state index contributed by atoms with van der Waals surface area (Å²) in [5, 5.41) is 5.06. The van der Waals surface area contributed by atoms with E-state index in [0.29, 0.717) is 21.8 Å². The maximum Gasteiger partial charge on any atom is 0.347 e. The summed E-state index contributed by atoms with van der Waals surface area (Å²) in [5.74, 6) is -0.690. The first-order chi connectivity index (χ1) is 12.6. The van der Waals surface area contributed by atoms with E-state index in [1.807, 2.05) is 0 Å². The second-order valence-electron chi connectivity index (χ2n) is 6.22. The van der Waals surface area contributed by atoms with E-state index >= 15 is 0 Å². The van der Waals surface area contributed by atoms with E-state index in [4.69, 9.17) is 32.7 Å². The quantitative estimate of drug-likeness (QED) is 0.524. The van der Waals surface area contributed by atoms with Crippen molar-refractivity contribution in [3.05, 3.63) is 44.1 Å². The van der Waals surface area contributed by atoms with Crippen LogP contribution in [0.4, 0.5) is 0 Å². The average Bonchev–Trinajstić information content (AvgIpc) is 2.89. The zero-order chi connectivity index (χ0) is 20.5. The van der Waals surface area contributed by atoms with Crippen LogP contribution in [0.5, 0.6) is 5.88 Å². The summed E-state index contributed by atoms with van der Waals surface area (Å²) in [5.41, 5.74) is 2.39. The summed E-state index contributed by atoms with van der Waals surface area (Å²) in [4.78, 5) is 25.1. The fourth-order valence-electron chi connectivity index (χ4n) is 2.75. The maximum atomic E-state index is 13.2. The Labute approximate surface area is 168 Å². The van der Waals surface area contributed by atoms with Gasteiger partial charge in [0.2, 0.25) is 11.7 Å². The summed E-state index contributed by atoms with van der Waals surface area (Å²) in [6, 6.07) is 1.64. The molecule has 0 fully saturated rings. The molecule has 1 atom stereocenters. The molecule has 1 aromatic heterocycles. The van der Waals surface area contributed by atoms with Crippen molar-refractivity contribution >= 4 is 35.0 Å². The van der Waals surface area contributed by atoms with Gasteiger partial charge in [-0.1, -0.05) is 23.2 Å². The minimum atomic E-state index is -0.893. The molecule has 0 aliphatic heterocycles. The lowest BCUT2D eigenvalue weighted by Crippen LogP contribution is -2.27. The standard InChI is InChI=1S/C19H22Cl2N2O4/c1-7-26-19(25)12(5)27-18-14(11(4)22-23(18)6)17(24)13-8-9(2)15(20)10(3)16(13)21/h8,12H,7H2,1-6H3. The van der Waals surface area contributed by atoms with Crippen LogP contribution in [0.2, 0.25) is 10.0 Å². The molecule has 0 radical (unpaired) electrons. The molecule has 6 nitrogen and oxygen atoms in total. The molecule has 0 saturated heterocycles. The molecule has 27 heavy (non-hydrogen) atoms. The van der Waals surface area contributed by atoms with E-state index in [9.17, 15) is 9.59 Å². The van der Waals surface area contributed by atoms with Gasteiger partial charge >= 0.3 is 5.97 Å². The van der Waals surface area contributed by atoms with Crippen LogP contribution in [0.25, 0.3) is 0 Å². The fourth-order valence-corrected chi connectivity index (χ4v) is 3.18. The smallest absolute Gasteiger partial charge is 0.347 e. The SMILES string of the molecule is CCOC(=O)C(C)Oc1c(C(=O)c2cc(C)c(Cl)c(C)c2Cl)c(C)nn1C. The number of esters is 1. The molecule has 0 amide bonds. The van der Waals surface area contributed by atoms with Gasteiger partial charge in [-0.3, -0.25) is 4.79 Å². The lowest BCUT2D eigenvalue weighted by molar-refractivity contribution is -0.150. The van der Waals surface area contributed by atoms with Crippen molar-refractivity contribution in [2.75, 3.05) is 6.61 Å². The van der Waals surface area contributed by atoms with Crippen LogP contribution in [-0.2, 0) is 16.6 Å². The first kappa shape index (κ1) is 21.3. The third-order valence-corrected chi connectivity index (χ3v) is 5.22.